The van der Waals surface area contributed by atoms with Crippen molar-refractivity contribution in [2.24, 2.45) is 5.92 Å². The van der Waals surface area contributed by atoms with Crippen molar-refractivity contribution in [3.63, 3.8) is 0 Å². The third kappa shape index (κ3) is 6.95. The monoisotopic (exact) mass is 657 g/mol. The van der Waals surface area contributed by atoms with Crippen LogP contribution in [0.25, 0.3) is 27.8 Å². The lowest BCUT2D eigenvalue weighted by atomic mass is 10.0. The van der Waals surface area contributed by atoms with E-state index < -0.39 is 0 Å². The molecule has 4 heterocycles. The molecule has 0 saturated carbocycles. The zero-order chi connectivity index (χ0) is 32.1. The fourth-order valence-corrected chi connectivity index (χ4v) is 6.12. The number of amides is 1. The van der Waals surface area contributed by atoms with Crippen LogP contribution in [-0.4, -0.2) is 112 Å². The van der Waals surface area contributed by atoms with E-state index in [1.54, 1.807) is 12.3 Å². The number of aliphatic hydroxyl groups is 2. The predicted molar refractivity (Wildman–Crippen MR) is 175 cm³/mol. The fourth-order valence-electron chi connectivity index (χ4n) is 5.42. The number of anilines is 1. The van der Waals surface area contributed by atoms with Gasteiger partial charge in [0, 0.05) is 86.8 Å². The second-order valence-electron chi connectivity index (χ2n) is 10.8. The van der Waals surface area contributed by atoms with Gasteiger partial charge in [-0.1, -0.05) is 29.8 Å². The van der Waals surface area contributed by atoms with E-state index in [0.29, 0.717) is 81.4 Å². The Labute approximate surface area is 271 Å². The molecule has 0 unspecified atom stereocenters. The average molecular weight is 659 g/mol. The van der Waals surface area contributed by atoms with Crippen molar-refractivity contribution in [2.45, 2.75) is 12.8 Å². The van der Waals surface area contributed by atoms with E-state index in [0.717, 1.165) is 31.7 Å². The van der Waals surface area contributed by atoms with Crippen LogP contribution in [0.4, 0.5) is 5.95 Å². The summed E-state index contributed by atoms with van der Waals surface area (Å²) in [6.45, 7) is 7.44. The summed E-state index contributed by atoms with van der Waals surface area (Å²) in [7, 11) is 3.05. The SMILES string of the molecule is C=CC(=O)N1CCN(CCCc2cn3c(n2)c(-c2c(Cl)c(OC)cc(OC)c2Cl)cc2cnc(NCC(CO)CO)nc23)CC1. The van der Waals surface area contributed by atoms with Gasteiger partial charge in [0.25, 0.3) is 0 Å². The highest BCUT2D eigenvalue weighted by atomic mass is 35.5. The lowest BCUT2D eigenvalue weighted by Crippen LogP contribution is -2.48. The number of carbonyl (C=O) groups excluding carboxylic acids is 1. The minimum Gasteiger partial charge on any atom is -0.495 e. The van der Waals surface area contributed by atoms with Crippen molar-refractivity contribution >= 4 is 51.7 Å². The normalized spacial score (nSPS) is 14.0. The summed E-state index contributed by atoms with van der Waals surface area (Å²) in [5.74, 6) is 0.799. The molecule has 240 valence electrons. The maximum Gasteiger partial charge on any atom is 0.246 e. The number of pyridine rings is 1. The standard InChI is InChI=1S/C31H37Cl2N7O5/c1-4-25(43)39-10-8-38(9-11-39)7-5-6-21-16-40-29-20(15-35-31(37-29)34-14-19(17-41)18-42)12-22(30(40)36-21)26-27(32)23(44-2)13-24(45-3)28(26)33/h4,12-13,15-16,19,41-42H,1,5-11,14,17-18H2,2-3H3,(H,34,35,37). The molecule has 0 atom stereocenters. The van der Waals surface area contributed by atoms with E-state index in [9.17, 15) is 15.0 Å². The molecule has 1 fully saturated rings. The molecule has 1 saturated heterocycles. The number of halogens is 2. The number of rotatable bonds is 13. The largest absolute Gasteiger partial charge is 0.495 e. The van der Waals surface area contributed by atoms with E-state index >= 15 is 0 Å². The highest BCUT2D eigenvalue weighted by Crippen LogP contribution is 2.47. The second-order valence-corrected chi connectivity index (χ2v) is 11.6. The molecular formula is C31H37Cl2N7O5. The van der Waals surface area contributed by atoms with Gasteiger partial charge in [0.1, 0.15) is 17.1 Å². The molecule has 1 amide bonds. The van der Waals surface area contributed by atoms with E-state index in [1.807, 2.05) is 21.6 Å². The third-order valence-electron chi connectivity index (χ3n) is 7.99. The summed E-state index contributed by atoms with van der Waals surface area (Å²) in [5, 5.41) is 23.4. The van der Waals surface area contributed by atoms with Crippen LogP contribution in [0.3, 0.4) is 0 Å². The predicted octanol–water partition coefficient (Wildman–Crippen LogP) is 3.54. The quantitative estimate of drug-likeness (QED) is 0.183. The van der Waals surface area contributed by atoms with Crippen molar-refractivity contribution in [3.8, 4) is 22.6 Å². The molecule has 3 N–H and O–H groups in total. The van der Waals surface area contributed by atoms with Gasteiger partial charge in [-0.15, -0.1) is 0 Å². The summed E-state index contributed by atoms with van der Waals surface area (Å²) in [6, 6.07) is 3.54. The fraction of sp³-hybridized carbons (Fsp3) is 0.419. The lowest BCUT2D eigenvalue weighted by Gasteiger charge is -2.34. The highest BCUT2D eigenvalue weighted by Gasteiger charge is 2.24. The summed E-state index contributed by atoms with van der Waals surface area (Å²) < 4.78 is 13.0. The van der Waals surface area contributed by atoms with Crippen molar-refractivity contribution in [2.75, 3.05) is 72.0 Å². The zero-order valence-corrected chi connectivity index (χ0v) is 26.8. The van der Waals surface area contributed by atoms with Gasteiger partial charge >= 0.3 is 0 Å². The molecule has 0 spiro atoms. The van der Waals surface area contributed by atoms with Crippen LogP contribution >= 0.6 is 23.2 Å². The number of aromatic nitrogens is 4. The molecule has 1 aromatic carbocycles. The number of ether oxygens (including phenoxy) is 2. The number of nitrogens with one attached hydrogen (secondary N) is 1. The minimum absolute atomic E-state index is 0.0278. The van der Waals surface area contributed by atoms with Gasteiger partial charge < -0.3 is 29.9 Å². The summed E-state index contributed by atoms with van der Waals surface area (Å²) >= 11 is 13.7. The topological polar surface area (TPSA) is 138 Å². The van der Waals surface area contributed by atoms with Crippen LogP contribution in [0, 0.1) is 5.92 Å². The number of methoxy groups -OCH3 is 2. The smallest absolute Gasteiger partial charge is 0.246 e. The van der Waals surface area contributed by atoms with E-state index in [1.165, 1.54) is 20.3 Å². The van der Waals surface area contributed by atoms with Crippen LogP contribution in [0.15, 0.2) is 37.2 Å². The van der Waals surface area contributed by atoms with Crippen LogP contribution in [0.1, 0.15) is 12.1 Å². The number of nitrogens with zero attached hydrogens (tertiary/aromatic N) is 6. The van der Waals surface area contributed by atoms with Gasteiger partial charge in [0.15, 0.2) is 5.65 Å². The highest BCUT2D eigenvalue weighted by molar-refractivity contribution is 6.41. The minimum atomic E-state index is -0.343. The summed E-state index contributed by atoms with van der Waals surface area (Å²) in [5.41, 5.74) is 3.25. The molecule has 4 aromatic rings. The van der Waals surface area contributed by atoms with Gasteiger partial charge in [0.05, 0.1) is 30.0 Å². The number of imidazole rings is 1. The molecule has 14 heteroatoms. The molecule has 12 nitrogen and oxygen atoms in total. The second kappa shape index (κ2) is 14.6. The van der Waals surface area contributed by atoms with Gasteiger partial charge in [-0.05, 0) is 31.5 Å². The first-order valence-corrected chi connectivity index (χ1v) is 15.4. The van der Waals surface area contributed by atoms with Gasteiger partial charge in [-0.2, -0.15) is 4.98 Å². The molecule has 0 bridgehead atoms. The Balaban J connectivity index is 1.51. The Hall–Kier alpha value is -3.68. The number of piperazine rings is 1. The Kier molecular flexibility index (Phi) is 10.6. The average Bonchev–Trinajstić information content (AvgIpc) is 3.50. The number of fused-ring (bicyclic) bond motifs is 3. The van der Waals surface area contributed by atoms with Crippen molar-refractivity contribution in [1.29, 1.82) is 0 Å². The zero-order valence-electron chi connectivity index (χ0n) is 25.3. The number of benzene rings is 1. The number of hydrogen-bond donors (Lipinski definition) is 3. The molecule has 3 aromatic heterocycles. The Bertz CT molecular complexity index is 1660. The van der Waals surface area contributed by atoms with Crippen molar-refractivity contribution < 1.29 is 24.5 Å². The number of aryl methyl sites for hydroxylation is 1. The number of aliphatic hydroxyl groups excluding tert-OH is 2. The molecule has 0 radical (unpaired) electrons. The Morgan fingerprint density at radius 3 is 2.38 bits per heavy atom. The Morgan fingerprint density at radius 1 is 1.07 bits per heavy atom. The van der Waals surface area contributed by atoms with Gasteiger partial charge in [-0.25, -0.2) is 9.97 Å². The van der Waals surface area contributed by atoms with Crippen molar-refractivity contribution in [3.05, 3.63) is 52.9 Å². The first kappa shape index (κ1) is 32.7. The molecule has 0 aliphatic carbocycles. The molecule has 5 rings (SSSR count). The molecule has 45 heavy (non-hydrogen) atoms. The van der Waals surface area contributed by atoms with Crippen LogP contribution in [0.2, 0.25) is 10.0 Å². The van der Waals surface area contributed by atoms with E-state index in [-0.39, 0.29) is 25.0 Å². The van der Waals surface area contributed by atoms with E-state index in [2.05, 4.69) is 21.8 Å². The first-order chi connectivity index (χ1) is 21.8. The molecule has 1 aliphatic rings. The molecular weight excluding hydrogens is 621 g/mol. The number of hydrogen-bond acceptors (Lipinski definition) is 10. The van der Waals surface area contributed by atoms with Crippen LogP contribution in [-0.2, 0) is 11.2 Å². The van der Waals surface area contributed by atoms with Crippen LogP contribution < -0.4 is 14.8 Å². The third-order valence-corrected chi connectivity index (χ3v) is 8.75. The molecule has 1 aliphatic heterocycles. The van der Waals surface area contributed by atoms with Gasteiger partial charge in [0.2, 0.25) is 11.9 Å². The van der Waals surface area contributed by atoms with Crippen molar-refractivity contribution in [1.82, 2.24) is 29.2 Å². The van der Waals surface area contributed by atoms with Crippen LogP contribution in [0.5, 0.6) is 11.5 Å². The van der Waals surface area contributed by atoms with E-state index in [4.69, 9.17) is 42.6 Å². The van der Waals surface area contributed by atoms with Gasteiger partial charge in [-0.3, -0.25) is 14.1 Å². The maximum atomic E-state index is 11.9. The summed E-state index contributed by atoms with van der Waals surface area (Å²) in [4.78, 5) is 30.3. The maximum absolute atomic E-state index is 11.9. The summed E-state index contributed by atoms with van der Waals surface area (Å²) in [6.07, 6.45) is 6.59. The number of carbonyl (C=O) groups is 1. The first-order valence-electron chi connectivity index (χ1n) is 14.7. The lowest BCUT2D eigenvalue weighted by molar-refractivity contribution is -0.127. The Morgan fingerprint density at radius 2 is 1.76 bits per heavy atom.